The maximum Gasteiger partial charge on any atom is 0.250 e. The summed E-state index contributed by atoms with van der Waals surface area (Å²) >= 11 is 1.61. The maximum atomic E-state index is 12.9. The molecule has 2 amide bonds. The molecule has 6 heteroatoms. The number of amides is 2. The predicted molar refractivity (Wildman–Crippen MR) is 131 cm³/mol. The molecule has 32 heavy (non-hydrogen) atoms. The molecular weight excluding hydrogens is 418 g/mol. The van der Waals surface area contributed by atoms with Gasteiger partial charge in [-0.1, -0.05) is 62.4 Å². The summed E-state index contributed by atoms with van der Waals surface area (Å²) in [5.74, 6) is 0.401. The molecule has 2 heterocycles. The Morgan fingerprint density at radius 3 is 2.75 bits per heavy atom. The molecule has 2 atom stereocenters. The topological polar surface area (TPSA) is 75.4 Å². The van der Waals surface area contributed by atoms with E-state index in [4.69, 9.17) is 5.73 Å². The first-order valence-electron chi connectivity index (χ1n) is 11.8. The third-order valence-corrected chi connectivity index (χ3v) is 7.50. The fourth-order valence-corrected chi connectivity index (χ4v) is 5.62. The van der Waals surface area contributed by atoms with Crippen LogP contribution in [0.1, 0.15) is 49.0 Å². The van der Waals surface area contributed by atoms with Crippen molar-refractivity contribution in [1.82, 2.24) is 5.32 Å². The van der Waals surface area contributed by atoms with Crippen LogP contribution in [0.5, 0.6) is 0 Å². The summed E-state index contributed by atoms with van der Waals surface area (Å²) in [5, 5.41) is 5.12. The number of hydrogen-bond donors (Lipinski definition) is 2. The molecule has 0 bridgehead atoms. The van der Waals surface area contributed by atoms with Crippen LogP contribution in [0.4, 0.5) is 5.69 Å². The highest BCUT2D eigenvalue weighted by Crippen LogP contribution is 2.29. The highest BCUT2D eigenvalue weighted by molar-refractivity contribution is 7.09. The van der Waals surface area contributed by atoms with E-state index in [9.17, 15) is 9.59 Å². The van der Waals surface area contributed by atoms with Gasteiger partial charge in [-0.05, 0) is 41.8 Å². The van der Waals surface area contributed by atoms with Gasteiger partial charge in [0.25, 0.3) is 5.91 Å². The molecule has 1 saturated carbocycles. The zero-order valence-corrected chi connectivity index (χ0v) is 19.4. The van der Waals surface area contributed by atoms with Crippen molar-refractivity contribution in [2.75, 3.05) is 11.4 Å². The Bertz CT molecular complexity index is 934. The minimum atomic E-state index is -0.586. The van der Waals surface area contributed by atoms with Gasteiger partial charge in [0.05, 0.1) is 6.04 Å². The molecule has 5 nitrogen and oxygen atoms in total. The molecule has 3 N–H and O–H groups in total. The molecular formula is C26H33N3O2S. The van der Waals surface area contributed by atoms with Crippen LogP contribution < -0.4 is 16.0 Å². The van der Waals surface area contributed by atoms with E-state index in [0.717, 1.165) is 23.4 Å². The van der Waals surface area contributed by atoms with Crippen molar-refractivity contribution >= 4 is 28.8 Å². The second-order valence-corrected chi connectivity index (χ2v) is 10.0. The monoisotopic (exact) mass is 451 g/mol. The molecule has 0 spiro atoms. The summed E-state index contributed by atoms with van der Waals surface area (Å²) in [6, 6.07) is 11.3. The molecule has 1 aromatic carbocycles. The highest BCUT2D eigenvalue weighted by atomic mass is 32.1. The van der Waals surface area contributed by atoms with Crippen molar-refractivity contribution in [3.63, 3.8) is 0 Å². The maximum absolute atomic E-state index is 12.9. The van der Waals surface area contributed by atoms with Gasteiger partial charge in [-0.15, -0.1) is 11.3 Å². The van der Waals surface area contributed by atoms with Gasteiger partial charge < -0.3 is 16.0 Å². The number of anilines is 1. The Labute approximate surface area is 194 Å². The van der Waals surface area contributed by atoms with Crippen molar-refractivity contribution < 1.29 is 9.59 Å². The number of fused-ring (bicyclic) bond motifs is 1. The van der Waals surface area contributed by atoms with Gasteiger partial charge in [0, 0.05) is 35.6 Å². The Kier molecular flexibility index (Phi) is 7.76. The van der Waals surface area contributed by atoms with Crippen LogP contribution >= 0.6 is 11.3 Å². The quantitative estimate of drug-likeness (QED) is 0.590. The fourth-order valence-electron chi connectivity index (χ4n) is 4.85. The molecule has 170 valence electrons. The molecule has 0 radical (unpaired) electrons. The number of rotatable bonds is 8. The van der Waals surface area contributed by atoms with E-state index in [1.165, 1.54) is 37.7 Å². The van der Waals surface area contributed by atoms with Gasteiger partial charge >= 0.3 is 0 Å². The number of para-hydroxylation sites is 1. The lowest BCUT2D eigenvalue weighted by atomic mass is 9.84. The van der Waals surface area contributed by atoms with Gasteiger partial charge in [-0.3, -0.25) is 9.59 Å². The van der Waals surface area contributed by atoms with Crippen LogP contribution in [0.3, 0.4) is 0 Å². The van der Waals surface area contributed by atoms with E-state index in [-0.39, 0.29) is 17.9 Å². The van der Waals surface area contributed by atoms with Crippen molar-refractivity contribution in [2.24, 2.45) is 11.7 Å². The van der Waals surface area contributed by atoms with E-state index >= 15 is 0 Å². The number of hydrogen-bond acceptors (Lipinski definition) is 4. The van der Waals surface area contributed by atoms with E-state index in [1.54, 1.807) is 17.4 Å². The van der Waals surface area contributed by atoms with Crippen molar-refractivity contribution in [3.05, 3.63) is 64.4 Å². The lowest BCUT2D eigenvalue weighted by Crippen LogP contribution is -2.46. The Morgan fingerprint density at radius 1 is 1.16 bits per heavy atom. The normalized spacial score (nSPS) is 18.5. The van der Waals surface area contributed by atoms with Crippen molar-refractivity contribution in [3.8, 4) is 0 Å². The Hall–Kier alpha value is -2.44. The van der Waals surface area contributed by atoms with Crippen LogP contribution in [0.2, 0.25) is 0 Å². The molecule has 0 unspecified atom stereocenters. The zero-order chi connectivity index (χ0) is 22.3. The first-order chi connectivity index (χ1) is 15.6. The van der Waals surface area contributed by atoms with Gasteiger partial charge in [0.2, 0.25) is 5.91 Å². The minimum absolute atomic E-state index is 0.0271. The van der Waals surface area contributed by atoms with Crippen molar-refractivity contribution in [1.29, 1.82) is 0 Å². The molecule has 1 aliphatic heterocycles. The first kappa shape index (κ1) is 22.7. The summed E-state index contributed by atoms with van der Waals surface area (Å²) in [5.41, 5.74) is 8.40. The second-order valence-electron chi connectivity index (χ2n) is 8.97. The largest absolute Gasteiger partial charge is 0.349 e. The SMILES string of the molecule is N[C@@H](Cc1cccs1)C(=O)N[C@H](/C=C/C(=O)N1CCc2ccccc21)CC1CCCCC1. The smallest absolute Gasteiger partial charge is 0.250 e. The number of carbonyl (C=O) groups is 2. The Morgan fingerprint density at radius 2 is 1.97 bits per heavy atom. The molecule has 1 aliphatic carbocycles. The molecule has 4 rings (SSSR count). The average molecular weight is 452 g/mol. The molecule has 1 fully saturated rings. The lowest BCUT2D eigenvalue weighted by molar-refractivity contribution is -0.123. The van der Waals surface area contributed by atoms with Crippen LogP contribution in [-0.4, -0.2) is 30.4 Å². The standard InChI is InChI=1S/C26H33N3O2S/c27-23(18-22-10-6-16-32-22)26(31)28-21(17-19-7-2-1-3-8-19)12-13-25(30)29-15-14-20-9-4-5-11-24(20)29/h4-6,9-13,16,19,21,23H,1-3,7-8,14-15,17-18,27H2,(H,28,31)/b13-12+/t21-,23+/m1/s1. The highest BCUT2D eigenvalue weighted by Gasteiger charge is 2.25. The van der Waals surface area contributed by atoms with Gasteiger partial charge in [0.1, 0.15) is 0 Å². The van der Waals surface area contributed by atoms with Crippen LogP contribution in [-0.2, 0) is 22.4 Å². The summed E-state index contributed by atoms with van der Waals surface area (Å²) in [6.45, 7) is 0.702. The third-order valence-electron chi connectivity index (χ3n) is 6.60. The molecule has 0 saturated heterocycles. The summed E-state index contributed by atoms with van der Waals surface area (Å²) in [4.78, 5) is 28.7. The van der Waals surface area contributed by atoms with Crippen molar-refractivity contribution in [2.45, 2.75) is 63.5 Å². The number of thiophene rings is 1. The van der Waals surface area contributed by atoms with Crippen LogP contribution in [0, 0.1) is 5.92 Å². The number of nitrogens with one attached hydrogen (secondary N) is 1. The summed E-state index contributed by atoms with van der Waals surface area (Å²) in [7, 11) is 0. The Balaban J connectivity index is 1.41. The van der Waals surface area contributed by atoms with E-state index in [1.807, 2.05) is 46.7 Å². The first-order valence-corrected chi connectivity index (χ1v) is 12.6. The van der Waals surface area contributed by atoms with Gasteiger partial charge in [-0.25, -0.2) is 0 Å². The van der Waals surface area contributed by atoms with Crippen LogP contribution in [0.25, 0.3) is 0 Å². The summed E-state index contributed by atoms with van der Waals surface area (Å²) in [6.07, 6.45) is 12.0. The van der Waals surface area contributed by atoms with Gasteiger partial charge in [0.15, 0.2) is 0 Å². The number of nitrogens with two attached hydrogens (primary N) is 1. The van der Waals surface area contributed by atoms with E-state index in [2.05, 4.69) is 11.4 Å². The number of carbonyl (C=O) groups excluding carboxylic acids is 2. The van der Waals surface area contributed by atoms with E-state index in [0.29, 0.717) is 18.9 Å². The molecule has 2 aliphatic rings. The average Bonchev–Trinajstić information content (AvgIpc) is 3.47. The third kappa shape index (κ3) is 5.87. The van der Waals surface area contributed by atoms with Crippen LogP contribution in [0.15, 0.2) is 53.9 Å². The van der Waals surface area contributed by atoms with E-state index < -0.39 is 6.04 Å². The zero-order valence-electron chi connectivity index (χ0n) is 18.5. The lowest BCUT2D eigenvalue weighted by Gasteiger charge is -2.26. The minimum Gasteiger partial charge on any atom is -0.349 e. The number of nitrogens with zero attached hydrogens (tertiary/aromatic N) is 1. The predicted octanol–water partition coefficient (Wildman–Crippen LogP) is 4.22. The molecule has 1 aromatic heterocycles. The second kappa shape index (κ2) is 10.9. The summed E-state index contributed by atoms with van der Waals surface area (Å²) < 4.78 is 0. The fraction of sp³-hybridized carbons (Fsp3) is 0.462. The molecule has 2 aromatic rings. The number of benzene rings is 1. The van der Waals surface area contributed by atoms with Gasteiger partial charge in [-0.2, -0.15) is 0 Å².